The van der Waals surface area contributed by atoms with E-state index in [0.717, 1.165) is 31.4 Å². The van der Waals surface area contributed by atoms with Gasteiger partial charge in [-0.25, -0.2) is 0 Å². The molecule has 0 saturated heterocycles. The van der Waals surface area contributed by atoms with Crippen molar-refractivity contribution < 1.29 is 14.6 Å². The highest BCUT2D eigenvalue weighted by molar-refractivity contribution is 5.70. The third-order valence-corrected chi connectivity index (χ3v) is 3.63. The number of rotatable bonds is 4. The maximum Gasteiger partial charge on any atom is 0.306 e. The first-order chi connectivity index (χ1) is 8.20. The molecular formula is C14H18O3. The van der Waals surface area contributed by atoms with Crippen molar-refractivity contribution in [3.05, 3.63) is 29.8 Å². The molecule has 1 fully saturated rings. The second-order valence-electron chi connectivity index (χ2n) is 4.69. The lowest BCUT2D eigenvalue weighted by atomic mass is 9.90. The van der Waals surface area contributed by atoms with Crippen LogP contribution in [0.1, 0.15) is 24.8 Å². The van der Waals surface area contributed by atoms with E-state index < -0.39 is 5.97 Å². The normalized spacial score (nSPS) is 23.6. The molecule has 1 aliphatic rings. The van der Waals surface area contributed by atoms with Crippen LogP contribution in [0.25, 0.3) is 0 Å². The molecular weight excluding hydrogens is 216 g/mol. The monoisotopic (exact) mass is 234 g/mol. The quantitative estimate of drug-likeness (QED) is 0.871. The van der Waals surface area contributed by atoms with E-state index in [2.05, 4.69) is 0 Å². The van der Waals surface area contributed by atoms with E-state index in [0.29, 0.717) is 5.92 Å². The van der Waals surface area contributed by atoms with Gasteiger partial charge in [0.25, 0.3) is 0 Å². The van der Waals surface area contributed by atoms with Crippen LogP contribution in [0.15, 0.2) is 24.3 Å². The minimum atomic E-state index is -0.638. The molecule has 1 aliphatic carbocycles. The van der Waals surface area contributed by atoms with Crippen molar-refractivity contribution in [2.24, 2.45) is 11.8 Å². The summed E-state index contributed by atoms with van der Waals surface area (Å²) in [5, 5.41) is 9.12. The standard InChI is InChI=1S/C14H18O3/c1-17-12-7-5-10(6-8-12)9-11-3-2-4-13(11)14(15)16/h5-8,11,13H,2-4,9H2,1H3,(H,15,16). The van der Waals surface area contributed by atoms with Gasteiger partial charge in [-0.2, -0.15) is 0 Å². The molecule has 1 aromatic carbocycles. The average Bonchev–Trinajstić information content (AvgIpc) is 2.78. The first kappa shape index (κ1) is 12.0. The van der Waals surface area contributed by atoms with Gasteiger partial charge < -0.3 is 9.84 Å². The zero-order chi connectivity index (χ0) is 12.3. The maximum absolute atomic E-state index is 11.1. The largest absolute Gasteiger partial charge is 0.497 e. The molecule has 3 nitrogen and oxygen atoms in total. The van der Waals surface area contributed by atoms with Crippen molar-refractivity contribution in [2.45, 2.75) is 25.7 Å². The van der Waals surface area contributed by atoms with E-state index in [4.69, 9.17) is 9.84 Å². The van der Waals surface area contributed by atoms with Gasteiger partial charge in [0.15, 0.2) is 0 Å². The molecule has 0 aliphatic heterocycles. The van der Waals surface area contributed by atoms with Crippen LogP contribution >= 0.6 is 0 Å². The van der Waals surface area contributed by atoms with Crippen LogP contribution in [0.2, 0.25) is 0 Å². The van der Waals surface area contributed by atoms with Crippen molar-refractivity contribution in [2.75, 3.05) is 7.11 Å². The Morgan fingerprint density at radius 2 is 2.06 bits per heavy atom. The van der Waals surface area contributed by atoms with Gasteiger partial charge in [-0.15, -0.1) is 0 Å². The highest BCUT2D eigenvalue weighted by Gasteiger charge is 2.32. The van der Waals surface area contributed by atoms with Crippen molar-refractivity contribution in [1.82, 2.24) is 0 Å². The molecule has 92 valence electrons. The number of hydrogen-bond donors (Lipinski definition) is 1. The SMILES string of the molecule is COc1ccc(CC2CCCC2C(=O)O)cc1. The van der Waals surface area contributed by atoms with Crippen molar-refractivity contribution >= 4 is 5.97 Å². The topological polar surface area (TPSA) is 46.5 Å². The minimum absolute atomic E-state index is 0.155. The molecule has 0 heterocycles. The highest BCUT2D eigenvalue weighted by Crippen LogP contribution is 2.34. The molecule has 0 radical (unpaired) electrons. The third kappa shape index (κ3) is 2.78. The lowest BCUT2D eigenvalue weighted by Crippen LogP contribution is -2.19. The van der Waals surface area contributed by atoms with Crippen LogP contribution in [-0.2, 0) is 11.2 Å². The number of methoxy groups -OCH3 is 1. The van der Waals surface area contributed by atoms with Gasteiger partial charge >= 0.3 is 5.97 Å². The predicted octanol–water partition coefficient (Wildman–Crippen LogP) is 2.74. The van der Waals surface area contributed by atoms with E-state index in [-0.39, 0.29) is 5.92 Å². The van der Waals surface area contributed by atoms with Gasteiger partial charge in [-0.05, 0) is 42.9 Å². The summed E-state index contributed by atoms with van der Waals surface area (Å²) in [7, 11) is 1.65. The highest BCUT2D eigenvalue weighted by atomic mass is 16.5. The number of ether oxygens (including phenoxy) is 1. The Labute approximate surface area is 101 Å². The molecule has 1 aromatic rings. The van der Waals surface area contributed by atoms with Crippen molar-refractivity contribution in [3.8, 4) is 5.75 Å². The lowest BCUT2D eigenvalue weighted by molar-refractivity contribution is -0.142. The summed E-state index contributed by atoms with van der Waals surface area (Å²) in [6.45, 7) is 0. The molecule has 2 rings (SSSR count). The number of hydrogen-bond acceptors (Lipinski definition) is 2. The molecule has 3 heteroatoms. The summed E-state index contributed by atoms with van der Waals surface area (Å²) in [6, 6.07) is 7.91. The Kier molecular flexibility index (Phi) is 3.67. The summed E-state index contributed by atoms with van der Waals surface area (Å²) in [5.41, 5.74) is 1.20. The predicted molar refractivity (Wildman–Crippen MR) is 65.2 cm³/mol. The number of carbonyl (C=O) groups is 1. The molecule has 2 unspecified atom stereocenters. The molecule has 0 bridgehead atoms. The smallest absolute Gasteiger partial charge is 0.306 e. The van der Waals surface area contributed by atoms with Crippen LogP contribution in [0, 0.1) is 11.8 Å². The van der Waals surface area contributed by atoms with Crippen LogP contribution in [0.3, 0.4) is 0 Å². The molecule has 0 aromatic heterocycles. The molecule has 0 spiro atoms. The Morgan fingerprint density at radius 1 is 1.35 bits per heavy atom. The zero-order valence-corrected chi connectivity index (χ0v) is 10.1. The summed E-state index contributed by atoms with van der Waals surface area (Å²) >= 11 is 0. The van der Waals surface area contributed by atoms with E-state index in [1.807, 2.05) is 24.3 Å². The Hall–Kier alpha value is -1.51. The first-order valence-corrected chi connectivity index (χ1v) is 6.06. The van der Waals surface area contributed by atoms with Crippen LogP contribution in [0.5, 0.6) is 5.75 Å². The maximum atomic E-state index is 11.1. The van der Waals surface area contributed by atoms with Gasteiger partial charge in [-0.1, -0.05) is 18.6 Å². The zero-order valence-electron chi connectivity index (χ0n) is 10.1. The van der Waals surface area contributed by atoms with Crippen molar-refractivity contribution in [1.29, 1.82) is 0 Å². The Balaban J connectivity index is 2.02. The number of benzene rings is 1. The van der Waals surface area contributed by atoms with Crippen LogP contribution in [-0.4, -0.2) is 18.2 Å². The van der Waals surface area contributed by atoms with Gasteiger partial charge in [0.2, 0.25) is 0 Å². The van der Waals surface area contributed by atoms with E-state index in [9.17, 15) is 4.79 Å². The van der Waals surface area contributed by atoms with Crippen molar-refractivity contribution in [3.63, 3.8) is 0 Å². The van der Waals surface area contributed by atoms with Gasteiger partial charge in [0.05, 0.1) is 13.0 Å². The summed E-state index contributed by atoms with van der Waals surface area (Å²) in [5.74, 6) is 0.342. The molecule has 1 N–H and O–H groups in total. The number of carboxylic acids is 1. The Bertz CT molecular complexity index is 383. The van der Waals surface area contributed by atoms with Crippen LogP contribution in [0.4, 0.5) is 0 Å². The fraction of sp³-hybridized carbons (Fsp3) is 0.500. The number of aliphatic carboxylic acids is 1. The third-order valence-electron chi connectivity index (χ3n) is 3.63. The second-order valence-corrected chi connectivity index (χ2v) is 4.69. The summed E-state index contributed by atoms with van der Waals surface area (Å²) < 4.78 is 5.10. The molecule has 17 heavy (non-hydrogen) atoms. The van der Waals surface area contributed by atoms with Gasteiger partial charge in [0.1, 0.15) is 5.75 Å². The first-order valence-electron chi connectivity index (χ1n) is 6.06. The average molecular weight is 234 g/mol. The second kappa shape index (κ2) is 5.21. The fourth-order valence-electron chi connectivity index (χ4n) is 2.67. The fourth-order valence-corrected chi connectivity index (χ4v) is 2.67. The Morgan fingerprint density at radius 3 is 2.65 bits per heavy atom. The van der Waals surface area contributed by atoms with Gasteiger partial charge in [-0.3, -0.25) is 4.79 Å². The number of carboxylic acid groups (broad SMARTS) is 1. The summed E-state index contributed by atoms with van der Waals surface area (Å²) in [6.07, 6.45) is 3.76. The van der Waals surface area contributed by atoms with Gasteiger partial charge in [0, 0.05) is 0 Å². The summed E-state index contributed by atoms with van der Waals surface area (Å²) in [4.78, 5) is 11.1. The lowest BCUT2D eigenvalue weighted by Gasteiger charge is -2.15. The minimum Gasteiger partial charge on any atom is -0.497 e. The van der Waals surface area contributed by atoms with E-state index in [1.54, 1.807) is 7.11 Å². The molecule has 1 saturated carbocycles. The molecule has 0 amide bonds. The van der Waals surface area contributed by atoms with Crippen LogP contribution < -0.4 is 4.74 Å². The van der Waals surface area contributed by atoms with E-state index in [1.165, 1.54) is 5.56 Å². The molecule has 2 atom stereocenters. The van der Waals surface area contributed by atoms with E-state index >= 15 is 0 Å².